The zero-order chi connectivity index (χ0) is 14.5. The molecule has 2 rings (SSSR count). The molecule has 1 saturated carbocycles. The van der Waals surface area contributed by atoms with Crippen LogP contribution in [-0.4, -0.2) is 34.8 Å². The fourth-order valence-corrected chi connectivity index (χ4v) is 1.53. The number of nitrogens with two attached hydrogens (primary N) is 1. The molecule has 0 spiro atoms. The third-order valence-electron chi connectivity index (χ3n) is 2.77. The number of rotatable bonds is 3. The predicted molar refractivity (Wildman–Crippen MR) is 68.1 cm³/mol. The number of ether oxygens (including phenoxy) is 1. The first-order chi connectivity index (χ1) is 8.86. The van der Waals surface area contributed by atoms with Crippen LogP contribution in [0.4, 0.5) is 0 Å². The van der Waals surface area contributed by atoms with Gasteiger partial charge in [-0.3, -0.25) is 0 Å². The summed E-state index contributed by atoms with van der Waals surface area (Å²) < 4.78 is 5.15. The number of carboxylic acid groups (broad SMARTS) is 2. The number of carboxylic acids is 2. The molecule has 19 heavy (non-hydrogen) atoms. The lowest BCUT2D eigenvalue weighted by Crippen LogP contribution is -2.24. The van der Waals surface area contributed by atoms with E-state index < -0.39 is 11.9 Å². The van der Waals surface area contributed by atoms with E-state index in [-0.39, 0.29) is 5.54 Å². The summed E-state index contributed by atoms with van der Waals surface area (Å²) in [5.41, 5.74) is 7.40. The molecular formula is C13H17NO5. The smallest absolute Gasteiger partial charge is 0.414 e. The molecule has 6 nitrogen and oxygen atoms in total. The number of methoxy groups -OCH3 is 1. The monoisotopic (exact) mass is 267 g/mol. The van der Waals surface area contributed by atoms with Crippen LogP contribution in [0, 0.1) is 0 Å². The van der Waals surface area contributed by atoms with Gasteiger partial charge < -0.3 is 20.7 Å². The van der Waals surface area contributed by atoms with Crippen molar-refractivity contribution in [1.29, 1.82) is 0 Å². The molecule has 0 bridgehead atoms. The molecule has 6 heteroatoms. The van der Waals surface area contributed by atoms with E-state index in [2.05, 4.69) is 12.1 Å². The Balaban J connectivity index is 0.000000258. The van der Waals surface area contributed by atoms with Crippen LogP contribution in [0.5, 0.6) is 5.75 Å². The Morgan fingerprint density at radius 1 is 1.32 bits per heavy atom. The summed E-state index contributed by atoms with van der Waals surface area (Å²) >= 11 is 0. The van der Waals surface area contributed by atoms with Crippen molar-refractivity contribution >= 4 is 11.9 Å². The molecule has 0 aliphatic heterocycles. The van der Waals surface area contributed by atoms with E-state index in [0.29, 0.717) is 0 Å². The molecule has 1 aliphatic rings. The summed E-state index contributed by atoms with van der Waals surface area (Å²) in [4.78, 5) is 18.2. The van der Waals surface area contributed by atoms with Gasteiger partial charge in [0.15, 0.2) is 0 Å². The molecule has 0 amide bonds. The van der Waals surface area contributed by atoms with Crippen LogP contribution in [0.1, 0.15) is 18.4 Å². The molecule has 1 fully saturated rings. The average molecular weight is 267 g/mol. The fraction of sp³-hybridized carbons (Fsp3) is 0.385. The van der Waals surface area contributed by atoms with Gasteiger partial charge in [0.25, 0.3) is 0 Å². The third-order valence-corrected chi connectivity index (χ3v) is 2.77. The van der Waals surface area contributed by atoms with Crippen LogP contribution in [0.15, 0.2) is 24.3 Å². The molecule has 0 radical (unpaired) electrons. The quantitative estimate of drug-likeness (QED) is 0.701. The van der Waals surface area contributed by atoms with Gasteiger partial charge in [-0.25, -0.2) is 9.59 Å². The summed E-state index contributed by atoms with van der Waals surface area (Å²) in [6.45, 7) is 0. The minimum atomic E-state index is -1.82. The van der Waals surface area contributed by atoms with E-state index in [9.17, 15) is 0 Å². The lowest BCUT2D eigenvalue weighted by atomic mass is 10.1. The lowest BCUT2D eigenvalue weighted by molar-refractivity contribution is -0.159. The molecule has 0 saturated heterocycles. The van der Waals surface area contributed by atoms with Crippen molar-refractivity contribution in [3.05, 3.63) is 29.8 Å². The molecule has 0 heterocycles. The van der Waals surface area contributed by atoms with Crippen molar-refractivity contribution in [2.75, 3.05) is 7.11 Å². The van der Waals surface area contributed by atoms with Crippen molar-refractivity contribution in [3.63, 3.8) is 0 Å². The van der Waals surface area contributed by atoms with Gasteiger partial charge >= 0.3 is 11.9 Å². The maximum atomic E-state index is 9.10. The Bertz CT molecular complexity index is 456. The Morgan fingerprint density at radius 2 is 1.89 bits per heavy atom. The van der Waals surface area contributed by atoms with Gasteiger partial charge in [0.1, 0.15) is 5.75 Å². The van der Waals surface area contributed by atoms with Gasteiger partial charge in [0.2, 0.25) is 0 Å². The summed E-state index contributed by atoms with van der Waals surface area (Å²) in [5, 5.41) is 14.8. The van der Waals surface area contributed by atoms with Gasteiger partial charge in [0.05, 0.1) is 7.11 Å². The van der Waals surface area contributed by atoms with Crippen LogP contribution in [0.3, 0.4) is 0 Å². The minimum absolute atomic E-state index is 0.0896. The topological polar surface area (TPSA) is 110 Å². The molecular weight excluding hydrogens is 250 g/mol. The number of hydrogen-bond acceptors (Lipinski definition) is 4. The van der Waals surface area contributed by atoms with Gasteiger partial charge in [-0.05, 0) is 37.0 Å². The second-order valence-corrected chi connectivity index (χ2v) is 4.50. The molecule has 1 aromatic rings. The standard InChI is InChI=1S/C11H15NO.C2H2O4/c1-13-10-4-2-3-9(7-10)8-11(12)5-6-11;3-1(4)2(5)6/h2-4,7H,5-6,8,12H2,1H3;(H,3,4)(H,5,6). The Labute approximate surface area is 110 Å². The van der Waals surface area contributed by atoms with Crippen molar-refractivity contribution < 1.29 is 24.5 Å². The van der Waals surface area contributed by atoms with Crippen molar-refractivity contribution in [2.45, 2.75) is 24.8 Å². The number of benzene rings is 1. The molecule has 0 unspecified atom stereocenters. The number of aliphatic carboxylic acids is 2. The highest BCUT2D eigenvalue weighted by atomic mass is 16.5. The SMILES string of the molecule is COc1cccc(CC2(N)CC2)c1.O=C(O)C(=O)O. The van der Waals surface area contributed by atoms with E-state index in [1.54, 1.807) is 7.11 Å². The van der Waals surface area contributed by atoms with E-state index in [1.165, 1.54) is 5.56 Å². The highest BCUT2D eigenvalue weighted by molar-refractivity contribution is 6.27. The Kier molecular flexibility index (Phi) is 4.88. The molecule has 0 aromatic heterocycles. The van der Waals surface area contributed by atoms with E-state index in [4.69, 9.17) is 30.3 Å². The van der Waals surface area contributed by atoms with Crippen molar-refractivity contribution in [1.82, 2.24) is 0 Å². The Hall–Kier alpha value is -2.08. The van der Waals surface area contributed by atoms with Crippen LogP contribution >= 0.6 is 0 Å². The minimum Gasteiger partial charge on any atom is -0.497 e. The normalized spacial score (nSPS) is 14.8. The van der Waals surface area contributed by atoms with Gasteiger partial charge in [-0.2, -0.15) is 0 Å². The molecule has 104 valence electrons. The highest BCUT2D eigenvalue weighted by Gasteiger charge is 2.37. The first-order valence-corrected chi connectivity index (χ1v) is 5.74. The molecule has 0 atom stereocenters. The second-order valence-electron chi connectivity index (χ2n) is 4.50. The lowest BCUT2D eigenvalue weighted by Gasteiger charge is -2.09. The summed E-state index contributed by atoms with van der Waals surface area (Å²) in [6, 6.07) is 8.14. The summed E-state index contributed by atoms with van der Waals surface area (Å²) in [5.74, 6) is -2.73. The van der Waals surface area contributed by atoms with Crippen LogP contribution in [-0.2, 0) is 16.0 Å². The molecule has 4 N–H and O–H groups in total. The number of carbonyl (C=O) groups is 2. The van der Waals surface area contributed by atoms with E-state index >= 15 is 0 Å². The van der Waals surface area contributed by atoms with Crippen LogP contribution in [0.25, 0.3) is 0 Å². The Morgan fingerprint density at radius 3 is 2.32 bits per heavy atom. The average Bonchev–Trinajstić information content (AvgIpc) is 3.07. The maximum absolute atomic E-state index is 9.10. The zero-order valence-corrected chi connectivity index (χ0v) is 10.6. The van der Waals surface area contributed by atoms with E-state index in [0.717, 1.165) is 25.0 Å². The van der Waals surface area contributed by atoms with Crippen molar-refractivity contribution in [2.24, 2.45) is 5.73 Å². The van der Waals surface area contributed by atoms with Crippen molar-refractivity contribution in [3.8, 4) is 5.75 Å². The molecule has 1 aliphatic carbocycles. The summed E-state index contributed by atoms with van der Waals surface area (Å²) in [6.07, 6.45) is 3.29. The van der Waals surface area contributed by atoms with Gasteiger partial charge in [-0.1, -0.05) is 12.1 Å². The van der Waals surface area contributed by atoms with Crippen LogP contribution in [0.2, 0.25) is 0 Å². The van der Waals surface area contributed by atoms with Crippen LogP contribution < -0.4 is 10.5 Å². The third kappa shape index (κ3) is 5.39. The highest BCUT2D eigenvalue weighted by Crippen LogP contribution is 2.35. The summed E-state index contributed by atoms with van der Waals surface area (Å²) in [7, 11) is 1.69. The second kappa shape index (κ2) is 6.19. The first kappa shape index (κ1) is 15.0. The zero-order valence-electron chi connectivity index (χ0n) is 10.6. The molecule has 1 aromatic carbocycles. The number of hydrogen-bond donors (Lipinski definition) is 3. The largest absolute Gasteiger partial charge is 0.497 e. The van der Waals surface area contributed by atoms with E-state index in [1.807, 2.05) is 12.1 Å². The van der Waals surface area contributed by atoms with Gasteiger partial charge in [-0.15, -0.1) is 0 Å². The first-order valence-electron chi connectivity index (χ1n) is 5.74. The fourth-order valence-electron chi connectivity index (χ4n) is 1.53. The van der Waals surface area contributed by atoms with Gasteiger partial charge in [0, 0.05) is 5.54 Å². The maximum Gasteiger partial charge on any atom is 0.414 e. The predicted octanol–water partition coefficient (Wildman–Crippen LogP) is 0.885.